The molecule has 1 aromatic carbocycles. The van der Waals surface area contributed by atoms with Crippen LogP contribution in [0.3, 0.4) is 0 Å². The molecule has 0 radical (unpaired) electrons. The lowest BCUT2D eigenvalue weighted by Gasteiger charge is -2.27. The topological polar surface area (TPSA) is 32.7 Å². The highest BCUT2D eigenvalue weighted by molar-refractivity contribution is 5.37. The van der Waals surface area contributed by atoms with Crippen LogP contribution >= 0.6 is 0 Å². The third-order valence-corrected chi connectivity index (χ3v) is 3.52. The van der Waals surface area contributed by atoms with Crippen molar-refractivity contribution in [1.29, 1.82) is 0 Å². The van der Waals surface area contributed by atoms with E-state index in [1.165, 1.54) is 18.4 Å². The normalized spacial score (nSPS) is 18.6. The van der Waals surface area contributed by atoms with Gasteiger partial charge in [-0.2, -0.15) is 0 Å². The number of nitrogens with zero attached hydrogens (tertiary/aromatic N) is 1. The summed E-state index contributed by atoms with van der Waals surface area (Å²) >= 11 is 0. The highest BCUT2D eigenvalue weighted by Crippen LogP contribution is 2.15. The summed E-state index contributed by atoms with van der Waals surface area (Å²) in [4.78, 5) is 2.35. The van der Waals surface area contributed by atoms with Gasteiger partial charge in [0.25, 0.3) is 0 Å². The fourth-order valence-electron chi connectivity index (χ4n) is 2.66. The summed E-state index contributed by atoms with van der Waals surface area (Å²) in [5.74, 6) is 6.30. The summed E-state index contributed by atoms with van der Waals surface area (Å²) in [6.45, 7) is 3.72. The smallest absolute Gasteiger partial charge is 0.104 e. The molecular weight excluding hydrogens is 250 g/mol. The molecule has 3 heteroatoms. The van der Waals surface area contributed by atoms with Gasteiger partial charge in [0.1, 0.15) is 6.61 Å². The third kappa shape index (κ3) is 4.97. The molecule has 20 heavy (non-hydrogen) atoms. The zero-order chi connectivity index (χ0) is 14.2. The number of ether oxygens (including phenoxy) is 1. The second-order valence-corrected chi connectivity index (χ2v) is 5.44. The molecular formula is C17H23NO2. The van der Waals surface area contributed by atoms with Crippen LogP contribution in [-0.2, 0) is 11.3 Å². The van der Waals surface area contributed by atoms with Crippen molar-refractivity contribution in [3.8, 4) is 11.8 Å². The molecule has 0 spiro atoms. The average Bonchev–Trinajstić information content (AvgIpc) is 2.46. The lowest BCUT2D eigenvalue weighted by molar-refractivity contribution is 0.0411. The first-order valence-corrected chi connectivity index (χ1v) is 7.23. The Morgan fingerprint density at radius 2 is 2.35 bits per heavy atom. The number of rotatable bonds is 4. The van der Waals surface area contributed by atoms with Crippen molar-refractivity contribution < 1.29 is 9.84 Å². The molecule has 1 atom stereocenters. The van der Waals surface area contributed by atoms with E-state index >= 15 is 0 Å². The maximum Gasteiger partial charge on any atom is 0.104 e. The van der Waals surface area contributed by atoms with E-state index in [2.05, 4.69) is 35.9 Å². The van der Waals surface area contributed by atoms with Gasteiger partial charge >= 0.3 is 0 Å². The Kier molecular flexibility index (Phi) is 6.07. The summed E-state index contributed by atoms with van der Waals surface area (Å²) in [6.07, 6.45) is 2.46. The first-order valence-electron chi connectivity index (χ1n) is 7.23. The lowest BCUT2D eigenvalue weighted by Crippen LogP contribution is -2.30. The van der Waals surface area contributed by atoms with Gasteiger partial charge < -0.3 is 14.7 Å². The summed E-state index contributed by atoms with van der Waals surface area (Å²) in [7, 11) is 2.15. The molecule has 1 N–H and O–H groups in total. The Morgan fingerprint density at radius 3 is 3.10 bits per heavy atom. The standard InChI is InChI=1S/C17H23NO2/c1-18(13-17-8-4-10-20-14-17)12-16-6-2-5-15(11-16)7-3-9-19/h2,5-6,11,17,19H,4,8-10,12-14H2,1H3. The van der Waals surface area contributed by atoms with E-state index in [9.17, 15) is 0 Å². The lowest BCUT2D eigenvalue weighted by atomic mass is 10.0. The van der Waals surface area contributed by atoms with Crippen molar-refractivity contribution in [2.45, 2.75) is 19.4 Å². The SMILES string of the molecule is CN(Cc1cccc(C#CCO)c1)CC1CCCOC1. The van der Waals surface area contributed by atoms with Gasteiger partial charge in [-0.15, -0.1) is 0 Å². The molecule has 108 valence electrons. The van der Waals surface area contributed by atoms with Crippen molar-refractivity contribution in [2.75, 3.05) is 33.4 Å². The molecule has 2 rings (SSSR count). The maximum atomic E-state index is 8.73. The number of benzene rings is 1. The van der Waals surface area contributed by atoms with E-state index in [1.807, 2.05) is 12.1 Å². The van der Waals surface area contributed by atoms with Gasteiger partial charge in [0.05, 0.1) is 6.61 Å². The largest absolute Gasteiger partial charge is 0.384 e. The molecule has 1 fully saturated rings. The molecule has 0 saturated carbocycles. The molecule has 1 unspecified atom stereocenters. The van der Waals surface area contributed by atoms with Crippen LogP contribution in [0.1, 0.15) is 24.0 Å². The van der Waals surface area contributed by atoms with Crippen LogP contribution in [0, 0.1) is 17.8 Å². The van der Waals surface area contributed by atoms with Gasteiger partial charge in [-0.3, -0.25) is 0 Å². The van der Waals surface area contributed by atoms with Gasteiger partial charge in [-0.05, 0) is 43.5 Å². The number of aliphatic hydroxyl groups is 1. The summed E-state index contributed by atoms with van der Waals surface area (Å²) < 4.78 is 5.53. The fourth-order valence-corrected chi connectivity index (χ4v) is 2.66. The second-order valence-electron chi connectivity index (χ2n) is 5.44. The zero-order valence-corrected chi connectivity index (χ0v) is 12.1. The van der Waals surface area contributed by atoms with E-state index in [0.29, 0.717) is 5.92 Å². The van der Waals surface area contributed by atoms with Crippen LogP contribution < -0.4 is 0 Å². The van der Waals surface area contributed by atoms with Crippen LogP contribution in [-0.4, -0.2) is 43.4 Å². The van der Waals surface area contributed by atoms with Crippen molar-refractivity contribution in [1.82, 2.24) is 4.90 Å². The monoisotopic (exact) mass is 273 g/mol. The first-order chi connectivity index (χ1) is 9.78. The molecule has 1 saturated heterocycles. The molecule has 1 heterocycles. The predicted molar refractivity (Wildman–Crippen MR) is 80.3 cm³/mol. The zero-order valence-electron chi connectivity index (χ0n) is 12.1. The van der Waals surface area contributed by atoms with E-state index in [1.54, 1.807) is 0 Å². The Hall–Kier alpha value is -1.34. The first kappa shape index (κ1) is 15.1. The minimum atomic E-state index is -0.0915. The van der Waals surface area contributed by atoms with Crippen molar-refractivity contribution in [2.24, 2.45) is 5.92 Å². The number of hydrogen-bond acceptors (Lipinski definition) is 3. The molecule has 1 aliphatic rings. The Morgan fingerprint density at radius 1 is 1.45 bits per heavy atom. The summed E-state index contributed by atoms with van der Waals surface area (Å²) in [6, 6.07) is 8.21. The quantitative estimate of drug-likeness (QED) is 0.850. The van der Waals surface area contributed by atoms with Crippen LogP contribution in [0.25, 0.3) is 0 Å². The maximum absolute atomic E-state index is 8.73. The van der Waals surface area contributed by atoms with E-state index in [-0.39, 0.29) is 6.61 Å². The predicted octanol–water partition coefficient (Wildman–Crippen LogP) is 1.89. The minimum Gasteiger partial charge on any atom is -0.384 e. The third-order valence-electron chi connectivity index (χ3n) is 3.52. The Balaban J connectivity index is 1.88. The Labute approximate surface area is 121 Å². The number of hydrogen-bond donors (Lipinski definition) is 1. The van der Waals surface area contributed by atoms with Crippen molar-refractivity contribution >= 4 is 0 Å². The molecule has 1 aliphatic heterocycles. The molecule has 0 aromatic heterocycles. The average molecular weight is 273 g/mol. The van der Waals surface area contributed by atoms with Crippen LogP contribution in [0.15, 0.2) is 24.3 Å². The van der Waals surface area contributed by atoms with Gasteiger partial charge in [0.15, 0.2) is 0 Å². The van der Waals surface area contributed by atoms with E-state index in [0.717, 1.165) is 31.9 Å². The summed E-state index contributed by atoms with van der Waals surface area (Å²) in [5.41, 5.74) is 2.22. The minimum absolute atomic E-state index is 0.0915. The van der Waals surface area contributed by atoms with Crippen LogP contribution in [0.5, 0.6) is 0 Å². The number of aliphatic hydroxyl groups excluding tert-OH is 1. The van der Waals surface area contributed by atoms with Crippen molar-refractivity contribution in [3.63, 3.8) is 0 Å². The Bertz CT molecular complexity index is 469. The van der Waals surface area contributed by atoms with Crippen molar-refractivity contribution in [3.05, 3.63) is 35.4 Å². The fraction of sp³-hybridized carbons (Fsp3) is 0.529. The highest BCUT2D eigenvalue weighted by atomic mass is 16.5. The van der Waals surface area contributed by atoms with Crippen LogP contribution in [0.4, 0.5) is 0 Å². The molecule has 0 bridgehead atoms. The van der Waals surface area contributed by atoms with Gasteiger partial charge in [0.2, 0.25) is 0 Å². The molecule has 0 aliphatic carbocycles. The molecule has 3 nitrogen and oxygen atoms in total. The van der Waals surface area contributed by atoms with Gasteiger partial charge in [-0.1, -0.05) is 24.0 Å². The van der Waals surface area contributed by atoms with Gasteiger partial charge in [0, 0.05) is 25.3 Å². The second kappa shape index (κ2) is 8.06. The van der Waals surface area contributed by atoms with E-state index in [4.69, 9.17) is 9.84 Å². The van der Waals surface area contributed by atoms with Gasteiger partial charge in [-0.25, -0.2) is 0 Å². The molecule has 1 aromatic rings. The molecule has 0 amide bonds. The van der Waals surface area contributed by atoms with E-state index < -0.39 is 0 Å². The summed E-state index contributed by atoms with van der Waals surface area (Å²) in [5, 5.41) is 8.73. The highest BCUT2D eigenvalue weighted by Gasteiger charge is 2.15. The van der Waals surface area contributed by atoms with Crippen LogP contribution in [0.2, 0.25) is 0 Å².